The molecule has 0 radical (unpaired) electrons. The average molecular weight is 603 g/mol. The van der Waals surface area contributed by atoms with Gasteiger partial charge in [-0.1, -0.05) is 52.0 Å². The van der Waals surface area contributed by atoms with Gasteiger partial charge in [-0.3, -0.25) is 14.4 Å². The maximum atomic E-state index is 13.8. The van der Waals surface area contributed by atoms with Gasteiger partial charge in [-0.2, -0.15) is 0 Å². The van der Waals surface area contributed by atoms with Crippen molar-refractivity contribution in [3.05, 3.63) is 41.0 Å². The molecule has 11 heteroatoms. The van der Waals surface area contributed by atoms with Crippen LogP contribution in [0.1, 0.15) is 64.1 Å². The lowest BCUT2D eigenvalue weighted by Gasteiger charge is -2.35. The molecule has 4 atom stereocenters. The van der Waals surface area contributed by atoms with E-state index in [4.69, 9.17) is 14.6 Å². The van der Waals surface area contributed by atoms with Gasteiger partial charge in [0.15, 0.2) is 11.6 Å². The van der Waals surface area contributed by atoms with Crippen LogP contribution in [0, 0.1) is 18.3 Å². The predicted molar refractivity (Wildman–Crippen MR) is 158 cm³/mol. The number of carboxylic acids is 1. The van der Waals surface area contributed by atoms with E-state index in [9.17, 15) is 24.3 Å². The largest absolute Gasteiger partial charge is 0.480 e. The molecule has 0 unspecified atom stereocenters. The Morgan fingerprint density at radius 3 is 2.29 bits per heavy atom. The number of benzene rings is 1. The van der Waals surface area contributed by atoms with Gasteiger partial charge in [0.05, 0.1) is 41.4 Å². The molecule has 0 aliphatic carbocycles. The number of nitrogens with zero attached hydrogens (tertiary/aromatic N) is 2. The SMILES string of the molecule is Cc1ncsc1-c1ccc([C@H](C)CC(=O)[C@@H]2C[C@@H](O)CN2C(=O)[C@@H](CC(=O)COCCOCC(=O)O)C(C)(C)C)cc1. The Balaban J connectivity index is 1.62. The standard InChI is InChI=1S/C31H42N2O8S/c1-19(21-6-8-22(9-7-21)29-20(2)32-18-42-29)12-27(36)26-14-23(34)15-33(26)30(39)25(31(3,4)5)13-24(35)16-40-10-11-41-17-28(37)38/h6-9,18-19,23,25-26,34H,10-17H2,1-5H3,(H,37,38)/t19-,23-,25-,26+/m1/s1. The van der Waals surface area contributed by atoms with E-state index in [1.165, 1.54) is 4.90 Å². The predicted octanol–water partition coefficient (Wildman–Crippen LogP) is 3.88. The molecule has 1 amide bonds. The topological polar surface area (TPSA) is 143 Å². The first-order valence-corrected chi connectivity index (χ1v) is 15.1. The maximum absolute atomic E-state index is 13.8. The van der Waals surface area contributed by atoms with E-state index in [1.54, 1.807) is 11.3 Å². The third-order valence-corrected chi connectivity index (χ3v) is 8.54. The maximum Gasteiger partial charge on any atom is 0.329 e. The molecule has 1 aliphatic heterocycles. The van der Waals surface area contributed by atoms with Gasteiger partial charge >= 0.3 is 5.97 Å². The molecular formula is C31H42N2O8S. The molecule has 42 heavy (non-hydrogen) atoms. The number of likely N-dealkylation sites (tertiary alicyclic amines) is 1. The molecular weight excluding hydrogens is 560 g/mol. The molecule has 0 saturated carbocycles. The molecule has 1 fully saturated rings. The van der Waals surface area contributed by atoms with Gasteiger partial charge in [0.1, 0.15) is 13.2 Å². The summed E-state index contributed by atoms with van der Waals surface area (Å²) in [7, 11) is 0. The second-order valence-electron chi connectivity index (χ2n) is 12.0. The van der Waals surface area contributed by atoms with Crippen molar-refractivity contribution in [2.45, 2.75) is 71.9 Å². The number of aliphatic carboxylic acids is 1. The van der Waals surface area contributed by atoms with E-state index in [-0.39, 0.29) is 69.0 Å². The van der Waals surface area contributed by atoms with E-state index in [0.717, 1.165) is 21.7 Å². The average Bonchev–Trinajstić information content (AvgIpc) is 3.53. The van der Waals surface area contributed by atoms with Gasteiger partial charge < -0.3 is 24.6 Å². The zero-order valence-electron chi connectivity index (χ0n) is 25.0. The Bertz CT molecular complexity index is 1240. The lowest BCUT2D eigenvalue weighted by molar-refractivity contribution is -0.146. The monoisotopic (exact) mass is 602 g/mol. The minimum absolute atomic E-state index is 0.0328. The Morgan fingerprint density at radius 2 is 1.71 bits per heavy atom. The highest BCUT2D eigenvalue weighted by Gasteiger charge is 2.44. The summed E-state index contributed by atoms with van der Waals surface area (Å²) < 4.78 is 10.2. The minimum Gasteiger partial charge on any atom is -0.480 e. The molecule has 10 nitrogen and oxygen atoms in total. The lowest BCUT2D eigenvalue weighted by Crippen LogP contribution is -2.47. The molecule has 1 aromatic carbocycles. The summed E-state index contributed by atoms with van der Waals surface area (Å²) >= 11 is 1.58. The number of hydrogen-bond acceptors (Lipinski definition) is 9. The van der Waals surface area contributed by atoms with Gasteiger partial charge in [0.25, 0.3) is 0 Å². The number of thiazole rings is 1. The van der Waals surface area contributed by atoms with Gasteiger partial charge in [0.2, 0.25) is 5.91 Å². The number of Topliss-reactive ketones (excluding diaryl/α,β-unsaturated/α-hetero) is 2. The number of aryl methyl sites for hydroxylation is 1. The first-order valence-electron chi connectivity index (χ1n) is 14.2. The van der Waals surface area contributed by atoms with Crippen LogP contribution in [0.3, 0.4) is 0 Å². The van der Waals surface area contributed by atoms with Gasteiger partial charge in [-0.15, -0.1) is 11.3 Å². The van der Waals surface area contributed by atoms with Crippen LogP contribution in [-0.2, 0) is 28.7 Å². The van der Waals surface area contributed by atoms with Crippen LogP contribution in [0.2, 0.25) is 0 Å². The van der Waals surface area contributed by atoms with Gasteiger partial charge in [0, 0.05) is 31.7 Å². The van der Waals surface area contributed by atoms with Crippen molar-refractivity contribution in [2.75, 3.05) is 33.0 Å². The fraction of sp³-hybridized carbons (Fsp3) is 0.581. The zero-order valence-corrected chi connectivity index (χ0v) is 25.8. The number of amides is 1. The number of ketones is 2. The summed E-state index contributed by atoms with van der Waals surface area (Å²) in [5.41, 5.74) is 4.31. The number of hydrogen-bond donors (Lipinski definition) is 2. The normalized spacial score (nSPS) is 18.6. The zero-order chi connectivity index (χ0) is 31.0. The van der Waals surface area contributed by atoms with Crippen molar-refractivity contribution in [3.8, 4) is 10.4 Å². The summed E-state index contributed by atoms with van der Waals surface area (Å²) in [6.07, 6.45) is -0.499. The molecule has 230 valence electrons. The summed E-state index contributed by atoms with van der Waals surface area (Å²) in [5.74, 6) is -2.61. The molecule has 2 heterocycles. The van der Waals surface area contributed by atoms with Crippen molar-refractivity contribution < 1.29 is 38.9 Å². The van der Waals surface area contributed by atoms with Crippen LogP contribution in [-0.4, -0.2) is 88.7 Å². The Morgan fingerprint density at radius 1 is 1.07 bits per heavy atom. The molecule has 1 saturated heterocycles. The van der Waals surface area contributed by atoms with E-state index in [2.05, 4.69) is 4.98 Å². The Hall–Kier alpha value is -2.99. The van der Waals surface area contributed by atoms with E-state index in [1.807, 2.05) is 64.4 Å². The van der Waals surface area contributed by atoms with Crippen LogP contribution in [0.25, 0.3) is 10.4 Å². The van der Waals surface area contributed by atoms with Crippen LogP contribution in [0.15, 0.2) is 29.8 Å². The molecule has 1 aromatic heterocycles. The first-order chi connectivity index (χ1) is 19.8. The van der Waals surface area contributed by atoms with E-state index < -0.39 is 36.1 Å². The Labute approximate surface area is 251 Å². The quantitative estimate of drug-likeness (QED) is 0.290. The number of ether oxygens (including phenoxy) is 2. The lowest BCUT2D eigenvalue weighted by atomic mass is 9.76. The second kappa shape index (κ2) is 15.0. The fourth-order valence-corrected chi connectivity index (χ4v) is 5.99. The fourth-order valence-electron chi connectivity index (χ4n) is 5.17. The molecule has 0 bridgehead atoms. The third-order valence-electron chi connectivity index (χ3n) is 7.56. The van der Waals surface area contributed by atoms with Crippen LogP contribution < -0.4 is 0 Å². The summed E-state index contributed by atoms with van der Waals surface area (Å²) in [6, 6.07) is 7.34. The number of β-amino-alcohol motifs (C(OH)–C–C–N with tert-alkyl or cyclic N) is 1. The van der Waals surface area contributed by atoms with Crippen molar-refractivity contribution in [2.24, 2.45) is 11.3 Å². The number of aromatic nitrogens is 1. The third kappa shape index (κ3) is 9.26. The van der Waals surface area contributed by atoms with Gasteiger partial charge in [-0.05, 0) is 29.4 Å². The number of aliphatic hydroxyl groups excluding tert-OH is 1. The smallest absolute Gasteiger partial charge is 0.329 e. The summed E-state index contributed by atoms with van der Waals surface area (Å²) in [5, 5.41) is 19.1. The van der Waals surface area contributed by atoms with Crippen LogP contribution in [0.5, 0.6) is 0 Å². The second-order valence-corrected chi connectivity index (χ2v) is 12.9. The molecule has 0 spiro atoms. The highest BCUT2D eigenvalue weighted by atomic mass is 32.1. The highest BCUT2D eigenvalue weighted by Crippen LogP contribution is 2.35. The van der Waals surface area contributed by atoms with E-state index >= 15 is 0 Å². The minimum atomic E-state index is -1.09. The summed E-state index contributed by atoms with van der Waals surface area (Å²) in [4.78, 5) is 57.4. The van der Waals surface area contributed by atoms with Crippen molar-refractivity contribution >= 4 is 34.8 Å². The van der Waals surface area contributed by atoms with Crippen LogP contribution >= 0.6 is 11.3 Å². The van der Waals surface area contributed by atoms with Crippen molar-refractivity contribution in [1.29, 1.82) is 0 Å². The first kappa shape index (κ1) is 33.5. The van der Waals surface area contributed by atoms with Crippen LogP contribution in [0.4, 0.5) is 0 Å². The summed E-state index contributed by atoms with van der Waals surface area (Å²) in [6.45, 7) is 9.00. The van der Waals surface area contributed by atoms with Crippen molar-refractivity contribution in [3.63, 3.8) is 0 Å². The van der Waals surface area contributed by atoms with Crippen molar-refractivity contribution in [1.82, 2.24) is 9.88 Å². The van der Waals surface area contributed by atoms with Gasteiger partial charge in [-0.25, -0.2) is 9.78 Å². The highest BCUT2D eigenvalue weighted by molar-refractivity contribution is 7.13. The number of carboxylic acid groups (broad SMARTS) is 1. The number of carbonyl (C=O) groups excluding carboxylic acids is 3. The molecule has 1 aliphatic rings. The molecule has 3 rings (SSSR count). The molecule has 2 aromatic rings. The number of aliphatic hydroxyl groups is 1. The van der Waals surface area contributed by atoms with E-state index in [0.29, 0.717) is 0 Å². The number of carbonyl (C=O) groups is 4. The number of rotatable bonds is 15. The Kier molecular flexibility index (Phi) is 11.9. The molecule has 2 N–H and O–H groups in total.